The summed E-state index contributed by atoms with van der Waals surface area (Å²) < 4.78 is 1.05. The lowest BCUT2D eigenvalue weighted by molar-refractivity contribution is -0.136. The number of anilines is 2. The highest BCUT2D eigenvalue weighted by Crippen LogP contribution is 2.26. The summed E-state index contributed by atoms with van der Waals surface area (Å²) in [7, 11) is 0. The van der Waals surface area contributed by atoms with Crippen LogP contribution in [0.25, 0.3) is 0 Å². The number of carboxylic acid groups (broad SMARTS) is 1. The average molecular weight is 334 g/mol. The molecule has 2 aromatic rings. The van der Waals surface area contributed by atoms with Gasteiger partial charge in [0.2, 0.25) is 0 Å². The predicted octanol–water partition coefficient (Wildman–Crippen LogP) is 4.44. The average Bonchev–Trinajstić information content (AvgIpc) is 2.36. The van der Waals surface area contributed by atoms with Gasteiger partial charge >= 0.3 is 5.97 Å². The minimum absolute atomic E-state index is 0.0134. The fraction of sp³-hybridized carbons (Fsp3) is 0.188. The van der Waals surface area contributed by atoms with Gasteiger partial charge in [0.25, 0.3) is 0 Å². The number of benzene rings is 2. The summed E-state index contributed by atoms with van der Waals surface area (Å²) in [5.41, 5.74) is 4.75. The Hall–Kier alpha value is -1.81. The summed E-state index contributed by atoms with van der Waals surface area (Å²) in [6.07, 6.45) is 0.0134. The van der Waals surface area contributed by atoms with Crippen molar-refractivity contribution in [2.24, 2.45) is 0 Å². The van der Waals surface area contributed by atoms with E-state index in [0.717, 1.165) is 32.5 Å². The van der Waals surface area contributed by atoms with E-state index < -0.39 is 5.97 Å². The van der Waals surface area contributed by atoms with Crippen molar-refractivity contribution in [3.8, 4) is 0 Å². The third kappa shape index (κ3) is 3.61. The van der Waals surface area contributed by atoms with Crippen molar-refractivity contribution >= 4 is 33.3 Å². The number of carboxylic acids is 1. The van der Waals surface area contributed by atoms with Crippen LogP contribution in [0, 0.1) is 13.8 Å². The van der Waals surface area contributed by atoms with Gasteiger partial charge in [0.05, 0.1) is 6.42 Å². The van der Waals surface area contributed by atoms with E-state index in [1.807, 2.05) is 50.2 Å². The van der Waals surface area contributed by atoms with Crippen LogP contribution in [-0.4, -0.2) is 11.1 Å². The summed E-state index contributed by atoms with van der Waals surface area (Å²) in [4.78, 5) is 10.9. The first kappa shape index (κ1) is 14.6. The van der Waals surface area contributed by atoms with E-state index in [1.165, 1.54) is 0 Å². The summed E-state index contributed by atoms with van der Waals surface area (Å²) in [6.45, 7) is 3.97. The number of nitrogens with one attached hydrogen (secondary N) is 1. The molecule has 0 aliphatic carbocycles. The normalized spacial score (nSPS) is 10.3. The van der Waals surface area contributed by atoms with Gasteiger partial charge in [-0.2, -0.15) is 0 Å². The highest BCUT2D eigenvalue weighted by molar-refractivity contribution is 9.10. The van der Waals surface area contributed by atoms with Gasteiger partial charge in [0.15, 0.2) is 0 Å². The lowest BCUT2D eigenvalue weighted by Gasteiger charge is -2.13. The van der Waals surface area contributed by atoms with E-state index >= 15 is 0 Å². The molecular weight excluding hydrogens is 318 g/mol. The van der Waals surface area contributed by atoms with E-state index in [9.17, 15) is 4.79 Å². The molecule has 0 aliphatic rings. The van der Waals surface area contributed by atoms with Gasteiger partial charge in [-0.3, -0.25) is 4.79 Å². The van der Waals surface area contributed by atoms with E-state index in [2.05, 4.69) is 21.2 Å². The monoisotopic (exact) mass is 333 g/mol. The molecule has 0 heterocycles. The Morgan fingerprint density at radius 1 is 1.20 bits per heavy atom. The number of carbonyl (C=O) groups is 1. The molecule has 0 atom stereocenters. The molecule has 0 fully saturated rings. The fourth-order valence-corrected chi connectivity index (χ4v) is 2.28. The van der Waals surface area contributed by atoms with Crippen LogP contribution in [0.1, 0.15) is 16.7 Å². The fourth-order valence-electron chi connectivity index (χ4n) is 2.03. The molecule has 20 heavy (non-hydrogen) atoms. The zero-order valence-corrected chi connectivity index (χ0v) is 13.0. The first-order chi connectivity index (χ1) is 9.45. The number of halogens is 1. The number of hydrogen-bond donors (Lipinski definition) is 2. The van der Waals surface area contributed by atoms with Crippen LogP contribution >= 0.6 is 15.9 Å². The zero-order valence-electron chi connectivity index (χ0n) is 11.4. The van der Waals surface area contributed by atoms with Crippen LogP contribution in [0.2, 0.25) is 0 Å². The summed E-state index contributed by atoms with van der Waals surface area (Å²) >= 11 is 3.47. The van der Waals surface area contributed by atoms with Gasteiger partial charge in [0, 0.05) is 15.8 Å². The number of aliphatic carboxylic acids is 1. The molecule has 0 saturated carbocycles. The number of aryl methyl sites for hydroxylation is 2. The van der Waals surface area contributed by atoms with Crippen LogP contribution < -0.4 is 5.32 Å². The molecule has 0 aromatic heterocycles. The van der Waals surface area contributed by atoms with Crippen molar-refractivity contribution in [1.29, 1.82) is 0 Å². The summed E-state index contributed by atoms with van der Waals surface area (Å²) in [5.74, 6) is -0.828. The molecule has 0 bridgehead atoms. The standard InChI is InChI=1S/C16H16BrNO2/c1-10-3-6-15(12(7-10)9-16(19)20)18-13-4-5-14(17)11(2)8-13/h3-8,18H,9H2,1-2H3,(H,19,20). The Balaban J connectivity index is 2.32. The third-order valence-corrected chi connectivity index (χ3v) is 3.93. The Morgan fingerprint density at radius 2 is 1.95 bits per heavy atom. The SMILES string of the molecule is Cc1ccc(Nc2ccc(Br)c(C)c2)c(CC(=O)O)c1. The zero-order chi connectivity index (χ0) is 14.7. The van der Waals surface area contributed by atoms with Gasteiger partial charge in [-0.05, 0) is 49.2 Å². The second-order valence-electron chi connectivity index (χ2n) is 4.82. The highest BCUT2D eigenvalue weighted by Gasteiger charge is 2.08. The minimum Gasteiger partial charge on any atom is -0.481 e. The second kappa shape index (κ2) is 6.09. The largest absolute Gasteiger partial charge is 0.481 e. The molecule has 0 amide bonds. The second-order valence-corrected chi connectivity index (χ2v) is 5.67. The summed E-state index contributed by atoms with van der Waals surface area (Å²) in [5, 5.41) is 12.3. The maximum atomic E-state index is 10.9. The van der Waals surface area contributed by atoms with Gasteiger partial charge in [-0.1, -0.05) is 33.6 Å². The highest BCUT2D eigenvalue weighted by atomic mass is 79.9. The van der Waals surface area contributed by atoms with Gasteiger partial charge < -0.3 is 10.4 Å². The molecule has 2 aromatic carbocycles. The lowest BCUT2D eigenvalue weighted by atomic mass is 10.1. The minimum atomic E-state index is -0.828. The van der Waals surface area contributed by atoms with Gasteiger partial charge in [0.1, 0.15) is 0 Å². The van der Waals surface area contributed by atoms with Crippen molar-refractivity contribution in [1.82, 2.24) is 0 Å². The topological polar surface area (TPSA) is 49.3 Å². The third-order valence-electron chi connectivity index (χ3n) is 3.04. The van der Waals surface area contributed by atoms with Crippen LogP contribution in [0.15, 0.2) is 40.9 Å². The Kier molecular flexibility index (Phi) is 4.45. The number of hydrogen-bond acceptors (Lipinski definition) is 2. The molecule has 0 unspecified atom stereocenters. The van der Waals surface area contributed by atoms with Crippen molar-refractivity contribution in [3.63, 3.8) is 0 Å². The first-order valence-electron chi connectivity index (χ1n) is 6.30. The summed E-state index contributed by atoms with van der Waals surface area (Å²) in [6, 6.07) is 11.8. The van der Waals surface area contributed by atoms with E-state index in [1.54, 1.807) is 0 Å². The Bertz CT molecular complexity index is 653. The maximum absolute atomic E-state index is 10.9. The molecule has 104 valence electrons. The van der Waals surface area contributed by atoms with Crippen molar-refractivity contribution in [3.05, 3.63) is 57.6 Å². The molecule has 0 spiro atoms. The van der Waals surface area contributed by atoms with Crippen LogP contribution in [0.5, 0.6) is 0 Å². The Labute approximate surface area is 126 Å². The van der Waals surface area contributed by atoms with Gasteiger partial charge in [-0.25, -0.2) is 0 Å². The van der Waals surface area contributed by atoms with Crippen molar-refractivity contribution in [2.75, 3.05) is 5.32 Å². The molecule has 3 nitrogen and oxygen atoms in total. The van der Waals surface area contributed by atoms with E-state index in [0.29, 0.717) is 0 Å². The molecule has 0 radical (unpaired) electrons. The predicted molar refractivity (Wildman–Crippen MR) is 84.7 cm³/mol. The number of rotatable bonds is 4. The van der Waals surface area contributed by atoms with Crippen LogP contribution in [-0.2, 0) is 11.2 Å². The van der Waals surface area contributed by atoms with Crippen molar-refractivity contribution in [2.45, 2.75) is 20.3 Å². The van der Waals surface area contributed by atoms with E-state index in [4.69, 9.17) is 5.11 Å². The molecular formula is C16H16BrNO2. The molecule has 0 saturated heterocycles. The molecule has 2 rings (SSSR count). The van der Waals surface area contributed by atoms with Crippen molar-refractivity contribution < 1.29 is 9.90 Å². The first-order valence-corrected chi connectivity index (χ1v) is 7.09. The smallest absolute Gasteiger partial charge is 0.307 e. The Morgan fingerprint density at radius 3 is 2.60 bits per heavy atom. The lowest BCUT2D eigenvalue weighted by Crippen LogP contribution is -2.04. The molecule has 4 heteroatoms. The van der Waals surface area contributed by atoms with Gasteiger partial charge in [-0.15, -0.1) is 0 Å². The molecule has 2 N–H and O–H groups in total. The van der Waals surface area contributed by atoms with Crippen LogP contribution in [0.4, 0.5) is 11.4 Å². The quantitative estimate of drug-likeness (QED) is 0.869. The van der Waals surface area contributed by atoms with Crippen LogP contribution in [0.3, 0.4) is 0 Å². The maximum Gasteiger partial charge on any atom is 0.307 e. The molecule has 0 aliphatic heterocycles. The van der Waals surface area contributed by atoms with E-state index in [-0.39, 0.29) is 6.42 Å².